The van der Waals surface area contributed by atoms with Crippen LogP contribution < -0.4 is 5.32 Å². The lowest BCUT2D eigenvalue weighted by Crippen LogP contribution is -2.54. The van der Waals surface area contributed by atoms with Crippen LogP contribution in [0.3, 0.4) is 0 Å². The van der Waals surface area contributed by atoms with Crippen LogP contribution in [-0.2, 0) is 20.4 Å². The van der Waals surface area contributed by atoms with Gasteiger partial charge >= 0.3 is 12.1 Å². The van der Waals surface area contributed by atoms with Crippen molar-refractivity contribution in [1.82, 2.24) is 5.32 Å². The number of carboxylic acid groups (broad SMARTS) is 1. The van der Waals surface area contributed by atoms with E-state index in [2.05, 4.69) is 39.2 Å². The molecule has 0 radical (unpaired) electrons. The summed E-state index contributed by atoms with van der Waals surface area (Å²) in [5.74, 6) is -0.901. The summed E-state index contributed by atoms with van der Waals surface area (Å²) in [7, 11) is -2.30. The average molecular weight is 476 g/mol. The van der Waals surface area contributed by atoms with Crippen LogP contribution in [-0.4, -0.2) is 43.2 Å². The SMILES string of the molecule is CC(C)(C)OC(=O)NC(Cc1ccccc1)C(O[Si](C)(C)C(C)(C)C)C1=C(C(=O)O)CCC1. The third-order valence-corrected chi connectivity index (χ3v) is 10.9. The molecule has 0 aliphatic heterocycles. The number of ether oxygens (including phenoxy) is 1. The van der Waals surface area contributed by atoms with E-state index in [9.17, 15) is 14.7 Å². The van der Waals surface area contributed by atoms with Crippen molar-refractivity contribution in [3.8, 4) is 0 Å². The maximum absolute atomic E-state index is 12.8. The van der Waals surface area contributed by atoms with E-state index in [1.807, 2.05) is 51.1 Å². The average Bonchev–Trinajstić information content (AvgIpc) is 3.14. The molecule has 0 heterocycles. The van der Waals surface area contributed by atoms with E-state index >= 15 is 0 Å². The molecule has 1 aromatic carbocycles. The van der Waals surface area contributed by atoms with E-state index in [4.69, 9.17) is 9.16 Å². The molecule has 1 aromatic rings. The fourth-order valence-corrected chi connectivity index (χ4v) is 5.07. The minimum atomic E-state index is -2.30. The molecule has 1 amide bonds. The summed E-state index contributed by atoms with van der Waals surface area (Å²) < 4.78 is 12.4. The number of amides is 1. The smallest absolute Gasteiger partial charge is 0.407 e. The van der Waals surface area contributed by atoms with E-state index in [1.165, 1.54) is 0 Å². The number of hydrogen-bond acceptors (Lipinski definition) is 4. The zero-order valence-corrected chi connectivity index (χ0v) is 22.5. The van der Waals surface area contributed by atoms with Crippen molar-refractivity contribution >= 4 is 20.4 Å². The third-order valence-electron chi connectivity index (χ3n) is 6.46. The van der Waals surface area contributed by atoms with Crippen LogP contribution in [0, 0.1) is 0 Å². The molecule has 0 aromatic heterocycles. The van der Waals surface area contributed by atoms with Crippen molar-refractivity contribution in [3.63, 3.8) is 0 Å². The highest BCUT2D eigenvalue weighted by Gasteiger charge is 2.43. The molecule has 0 spiro atoms. The summed E-state index contributed by atoms with van der Waals surface area (Å²) in [6.45, 7) is 16.3. The molecule has 0 saturated heterocycles. The number of nitrogens with one attached hydrogen (secondary N) is 1. The molecule has 1 aliphatic rings. The molecule has 2 N–H and O–H groups in total. The van der Waals surface area contributed by atoms with Crippen molar-refractivity contribution in [2.45, 2.75) is 103 Å². The van der Waals surface area contributed by atoms with Crippen LogP contribution in [0.25, 0.3) is 0 Å². The molecule has 2 rings (SSSR count). The van der Waals surface area contributed by atoms with Gasteiger partial charge in [-0.2, -0.15) is 0 Å². The van der Waals surface area contributed by atoms with Gasteiger partial charge in [-0.15, -0.1) is 0 Å². The Morgan fingerprint density at radius 3 is 2.18 bits per heavy atom. The Labute approximate surface area is 199 Å². The Kier molecular flexibility index (Phi) is 8.57. The first-order chi connectivity index (χ1) is 15.1. The number of carboxylic acids is 1. The Morgan fingerprint density at radius 1 is 1.06 bits per heavy atom. The molecule has 2 unspecified atom stereocenters. The molecule has 7 heteroatoms. The van der Waals surface area contributed by atoms with Crippen LogP contribution in [0.15, 0.2) is 41.5 Å². The van der Waals surface area contributed by atoms with Crippen LogP contribution in [0.5, 0.6) is 0 Å². The van der Waals surface area contributed by atoms with Gasteiger partial charge in [0.1, 0.15) is 5.60 Å². The van der Waals surface area contributed by atoms with Crippen molar-refractivity contribution in [2.75, 3.05) is 0 Å². The predicted molar refractivity (Wildman–Crippen MR) is 134 cm³/mol. The first kappa shape index (κ1) is 27.1. The van der Waals surface area contributed by atoms with Gasteiger partial charge in [0.05, 0.1) is 12.1 Å². The zero-order chi connectivity index (χ0) is 25.0. The Balaban J connectivity index is 2.53. The summed E-state index contributed by atoms with van der Waals surface area (Å²) in [4.78, 5) is 24.9. The minimum Gasteiger partial charge on any atom is -0.478 e. The quantitative estimate of drug-likeness (QED) is 0.445. The zero-order valence-electron chi connectivity index (χ0n) is 21.5. The highest BCUT2D eigenvalue weighted by molar-refractivity contribution is 6.74. The molecule has 0 saturated carbocycles. The number of benzene rings is 1. The normalized spacial score (nSPS) is 17.0. The molecule has 0 bridgehead atoms. The summed E-state index contributed by atoms with van der Waals surface area (Å²) in [5.41, 5.74) is 1.61. The lowest BCUT2D eigenvalue weighted by Gasteiger charge is -2.42. The maximum atomic E-state index is 12.8. The second-order valence-corrected chi connectivity index (χ2v) is 16.2. The molecule has 33 heavy (non-hydrogen) atoms. The van der Waals surface area contributed by atoms with Crippen molar-refractivity contribution in [3.05, 3.63) is 47.0 Å². The molecular weight excluding hydrogens is 434 g/mol. The summed E-state index contributed by atoms with van der Waals surface area (Å²) in [5, 5.41) is 12.9. The van der Waals surface area contributed by atoms with Gasteiger partial charge in [0, 0.05) is 5.57 Å². The molecule has 6 nitrogen and oxygen atoms in total. The molecule has 184 valence electrons. The lowest BCUT2D eigenvalue weighted by molar-refractivity contribution is -0.132. The first-order valence-electron chi connectivity index (χ1n) is 11.8. The Bertz CT molecular complexity index is 865. The Morgan fingerprint density at radius 2 is 1.67 bits per heavy atom. The summed E-state index contributed by atoms with van der Waals surface area (Å²) >= 11 is 0. The third kappa shape index (κ3) is 7.71. The van der Waals surface area contributed by atoms with Crippen molar-refractivity contribution in [1.29, 1.82) is 0 Å². The standard InChI is InChI=1S/C26H41NO5Si/c1-25(2,3)31-24(30)27-21(17-18-13-10-9-11-14-18)22(32-33(7,8)26(4,5)6)19-15-12-16-20(19)23(28)29/h9-11,13-14,21-22H,12,15-17H2,1-8H3,(H,27,30)(H,28,29). The number of rotatable bonds is 8. The van der Waals surface area contributed by atoms with E-state index < -0.39 is 38.1 Å². The van der Waals surface area contributed by atoms with Crippen LogP contribution in [0.4, 0.5) is 4.79 Å². The molecule has 0 fully saturated rings. The van der Waals surface area contributed by atoms with Crippen LogP contribution in [0.1, 0.15) is 66.4 Å². The van der Waals surface area contributed by atoms with Crippen molar-refractivity contribution in [2.24, 2.45) is 0 Å². The summed E-state index contributed by atoms with van der Waals surface area (Å²) in [6, 6.07) is 9.43. The topological polar surface area (TPSA) is 84.9 Å². The number of aliphatic carboxylic acids is 1. The highest BCUT2D eigenvalue weighted by atomic mass is 28.4. The van der Waals surface area contributed by atoms with Crippen LogP contribution in [0.2, 0.25) is 18.1 Å². The van der Waals surface area contributed by atoms with Gasteiger partial charge in [0.2, 0.25) is 0 Å². The number of carbonyl (C=O) groups is 2. The van der Waals surface area contributed by atoms with Gasteiger partial charge < -0.3 is 19.6 Å². The minimum absolute atomic E-state index is 0.0724. The number of carbonyl (C=O) groups excluding carboxylic acids is 1. The summed E-state index contributed by atoms with van der Waals surface area (Å²) in [6.07, 6.45) is 1.40. The van der Waals surface area contributed by atoms with Gasteiger partial charge in [-0.25, -0.2) is 9.59 Å². The first-order valence-corrected chi connectivity index (χ1v) is 14.7. The van der Waals surface area contributed by atoms with Gasteiger partial charge in [-0.05, 0) is 75.7 Å². The van der Waals surface area contributed by atoms with Crippen molar-refractivity contribution < 1.29 is 23.9 Å². The number of hydrogen-bond donors (Lipinski definition) is 2. The molecule has 2 atom stereocenters. The second kappa shape index (κ2) is 10.4. The molecular formula is C26H41NO5Si. The monoisotopic (exact) mass is 475 g/mol. The van der Waals surface area contributed by atoms with E-state index in [1.54, 1.807) is 0 Å². The van der Waals surface area contributed by atoms with Gasteiger partial charge in [-0.3, -0.25) is 0 Å². The van der Waals surface area contributed by atoms with Crippen LogP contribution >= 0.6 is 0 Å². The fraction of sp³-hybridized carbons (Fsp3) is 0.615. The predicted octanol–water partition coefficient (Wildman–Crippen LogP) is 6.08. The lowest BCUT2D eigenvalue weighted by atomic mass is 9.94. The Hall–Kier alpha value is -2.12. The largest absolute Gasteiger partial charge is 0.478 e. The maximum Gasteiger partial charge on any atom is 0.407 e. The van der Waals surface area contributed by atoms with Gasteiger partial charge in [0.25, 0.3) is 0 Å². The second-order valence-electron chi connectivity index (χ2n) is 11.4. The number of alkyl carbamates (subject to hydrolysis) is 1. The van der Waals surface area contributed by atoms with E-state index in [0.717, 1.165) is 17.6 Å². The van der Waals surface area contributed by atoms with Gasteiger partial charge in [-0.1, -0.05) is 51.1 Å². The fourth-order valence-electron chi connectivity index (χ4n) is 3.78. The molecule has 1 aliphatic carbocycles. The van der Waals surface area contributed by atoms with E-state index in [-0.39, 0.29) is 5.04 Å². The van der Waals surface area contributed by atoms with E-state index in [0.29, 0.717) is 24.8 Å². The highest BCUT2D eigenvalue weighted by Crippen LogP contribution is 2.41. The van der Waals surface area contributed by atoms with Gasteiger partial charge in [0.15, 0.2) is 8.32 Å².